The second-order valence-electron chi connectivity index (χ2n) is 9.64. The highest BCUT2D eigenvalue weighted by Crippen LogP contribution is 2.46. The Morgan fingerprint density at radius 1 is 1.19 bits per heavy atom. The van der Waals surface area contributed by atoms with Crippen molar-refractivity contribution in [2.45, 2.75) is 43.8 Å². The number of ether oxygens (including phenoxy) is 3. The minimum Gasteiger partial charge on any atom is -0.468 e. The molecule has 0 radical (unpaired) electrons. The van der Waals surface area contributed by atoms with Gasteiger partial charge in [-0.05, 0) is 53.7 Å². The fourth-order valence-electron chi connectivity index (χ4n) is 5.44. The SMILES string of the molecule is CN1CC(=O)N2[C@H](CC3=C(CC=C3)[C@H]2c2ccc3c(c2)OCO3)C1=O.COC(=O)C(N)CC1=CCC=C1. The number of allylic oxidation sites excluding steroid dienone is 5. The first-order chi connectivity index (χ1) is 17.9. The number of carbonyl (C=O) groups excluding carboxylic acids is 3. The zero-order chi connectivity index (χ0) is 26.1. The van der Waals surface area contributed by atoms with E-state index in [1.807, 2.05) is 30.4 Å². The van der Waals surface area contributed by atoms with E-state index in [0.29, 0.717) is 18.6 Å². The van der Waals surface area contributed by atoms with Crippen molar-refractivity contribution in [3.63, 3.8) is 0 Å². The molecule has 0 spiro atoms. The third-order valence-corrected chi connectivity index (χ3v) is 7.27. The zero-order valence-corrected chi connectivity index (χ0v) is 21.0. The molecule has 3 heterocycles. The van der Waals surface area contributed by atoms with Gasteiger partial charge in [0.1, 0.15) is 12.1 Å². The van der Waals surface area contributed by atoms with Crippen molar-refractivity contribution in [1.82, 2.24) is 9.80 Å². The second-order valence-corrected chi connectivity index (χ2v) is 9.64. The third-order valence-electron chi connectivity index (χ3n) is 7.27. The number of carbonyl (C=O) groups is 3. The van der Waals surface area contributed by atoms with Gasteiger partial charge in [-0.3, -0.25) is 14.4 Å². The smallest absolute Gasteiger partial charge is 0.322 e. The van der Waals surface area contributed by atoms with Crippen molar-refractivity contribution in [3.05, 3.63) is 70.9 Å². The van der Waals surface area contributed by atoms with E-state index in [-0.39, 0.29) is 37.2 Å². The summed E-state index contributed by atoms with van der Waals surface area (Å²) >= 11 is 0. The van der Waals surface area contributed by atoms with Gasteiger partial charge >= 0.3 is 5.97 Å². The first kappa shape index (κ1) is 24.8. The van der Waals surface area contributed by atoms with Gasteiger partial charge in [0, 0.05) is 13.5 Å². The molecule has 2 aliphatic carbocycles. The summed E-state index contributed by atoms with van der Waals surface area (Å²) in [5, 5.41) is 0. The molecule has 2 N–H and O–H groups in total. The molecule has 1 aromatic rings. The van der Waals surface area contributed by atoms with E-state index in [0.717, 1.165) is 29.7 Å². The van der Waals surface area contributed by atoms with Crippen LogP contribution in [0.25, 0.3) is 0 Å². The molecule has 1 saturated heterocycles. The quantitative estimate of drug-likeness (QED) is 0.626. The van der Waals surface area contributed by atoms with Crippen molar-refractivity contribution in [2.24, 2.45) is 5.73 Å². The van der Waals surface area contributed by atoms with Gasteiger partial charge in [0.25, 0.3) is 0 Å². The summed E-state index contributed by atoms with van der Waals surface area (Å²) in [5.41, 5.74) is 10.0. The summed E-state index contributed by atoms with van der Waals surface area (Å²) < 4.78 is 15.4. The molecule has 3 atom stereocenters. The lowest BCUT2D eigenvalue weighted by Crippen LogP contribution is -2.61. The molecule has 3 aliphatic heterocycles. The monoisotopic (exact) mass is 505 g/mol. The molecule has 1 fully saturated rings. The van der Waals surface area contributed by atoms with Crippen molar-refractivity contribution < 1.29 is 28.6 Å². The van der Waals surface area contributed by atoms with Gasteiger partial charge in [0.05, 0.1) is 19.7 Å². The largest absolute Gasteiger partial charge is 0.468 e. The minimum absolute atomic E-state index is 0.00628. The van der Waals surface area contributed by atoms with Crippen molar-refractivity contribution in [3.8, 4) is 11.5 Å². The van der Waals surface area contributed by atoms with E-state index >= 15 is 0 Å². The molecular weight excluding hydrogens is 474 g/mol. The molecule has 37 heavy (non-hydrogen) atoms. The molecule has 1 unspecified atom stereocenters. The Balaban J connectivity index is 0.000000198. The summed E-state index contributed by atoms with van der Waals surface area (Å²) in [7, 11) is 3.04. The summed E-state index contributed by atoms with van der Waals surface area (Å²) in [4.78, 5) is 39.7. The van der Waals surface area contributed by atoms with Crippen LogP contribution in [0, 0.1) is 0 Å². The lowest BCUT2D eigenvalue weighted by molar-refractivity contribution is -0.157. The number of nitrogens with two attached hydrogens (primary N) is 1. The van der Waals surface area contributed by atoms with Crippen LogP contribution < -0.4 is 15.2 Å². The van der Waals surface area contributed by atoms with E-state index in [1.165, 1.54) is 23.2 Å². The van der Waals surface area contributed by atoms with Gasteiger partial charge < -0.3 is 29.7 Å². The number of fused-ring (bicyclic) bond motifs is 2. The highest BCUT2D eigenvalue weighted by atomic mass is 16.7. The Morgan fingerprint density at radius 3 is 2.76 bits per heavy atom. The van der Waals surface area contributed by atoms with Gasteiger partial charge in [-0.25, -0.2) is 0 Å². The topological polar surface area (TPSA) is 111 Å². The average molecular weight is 506 g/mol. The van der Waals surface area contributed by atoms with E-state index in [1.54, 1.807) is 11.9 Å². The molecule has 5 aliphatic rings. The maximum atomic E-state index is 12.8. The van der Waals surface area contributed by atoms with Gasteiger partial charge in [0.2, 0.25) is 18.6 Å². The number of esters is 1. The fraction of sp³-hybridized carbons (Fsp3) is 0.393. The number of nitrogens with zero attached hydrogens (tertiary/aromatic N) is 2. The predicted molar refractivity (Wildman–Crippen MR) is 135 cm³/mol. The Labute approximate surface area is 215 Å². The molecule has 194 valence electrons. The molecule has 9 nitrogen and oxygen atoms in total. The normalized spacial score (nSPS) is 23.9. The van der Waals surface area contributed by atoms with Crippen LogP contribution >= 0.6 is 0 Å². The minimum atomic E-state index is -0.524. The molecular formula is C28H31N3O6. The molecule has 9 heteroatoms. The summed E-state index contributed by atoms with van der Waals surface area (Å²) in [5.74, 6) is 1.07. The lowest BCUT2D eigenvalue weighted by atomic mass is 9.84. The van der Waals surface area contributed by atoms with E-state index in [9.17, 15) is 14.4 Å². The van der Waals surface area contributed by atoms with E-state index in [4.69, 9.17) is 15.2 Å². The number of likely N-dealkylation sites (N-methyl/N-ethyl adjacent to an activating group) is 1. The van der Waals surface area contributed by atoms with Crippen LogP contribution in [0.1, 0.15) is 37.3 Å². The lowest BCUT2D eigenvalue weighted by Gasteiger charge is -2.47. The van der Waals surface area contributed by atoms with Gasteiger partial charge in [-0.15, -0.1) is 0 Å². The van der Waals surface area contributed by atoms with Gasteiger partial charge in [-0.1, -0.05) is 36.4 Å². The highest BCUT2D eigenvalue weighted by molar-refractivity contribution is 5.96. The summed E-state index contributed by atoms with van der Waals surface area (Å²) in [6, 6.07) is 4.62. The average Bonchev–Trinajstić information content (AvgIpc) is 3.67. The van der Waals surface area contributed by atoms with Gasteiger partial charge in [-0.2, -0.15) is 0 Å². The maximum absolute atomic E-state index is 12.8. The standard InChI is InChI=1S/C19H18N2O4.C9H13NO2/c1-20-9-17(22)21-14(19(20)23)7-11-3-2-4-13(11)18(21)12-5-6-15-16(8-12)25-10-24-15;1-12-9(11)8(10)6-7-4-2-3-5-7/h2-3,5-6,8,14,18H,4,7,9-10H2,1H3;2,4-5,8H,3,6,10H2,1H3/t14-,18-;/m1./s1. The van der Waals surface area contributed by atoms with Crippen LogP contribution in [0.5, 0.6) is 11.5 Å². The molecule has 0 saturated carbocycles. The Hall–Kier alpha value is -3.85. The highest BCUT2D eigenvalue weighted by Gasteiger charge is 2.47. The number of hydrogen-bond acceptors (Lipinski definition) is 7. The number of piperazine rings is 1. The Morgan fingerprint density at radius 2 is 2.00 bits per heavy atom. The number of methoxy groups -OCH3 is 1. The van der Waals surface area contributed by atoms with Crippen LogP contribution in [-0.2, 0) is 19.1 Å². The van der Waals surface area contributed by atoms with E-state index < -0.39 is 12.1 Å². The van der Waals surface area contributed by atoms with Crippen molar-refractivity contribution in [2.75, 3.05) is 27.5 Å². The number of rotatable bonds is 4. The van der Waals surface area contributed by atoms with E-state index in [2.05, 4.69) is 23.0 Å². The van der Waals surface area contributed by atoms with Crippen molar-refractivity contribution in [1.29, 1.82) is 0 Å². The van der Waals surface area contributed by atoms with Crippen LogP contribution in [0.3, 0.4) is 0 Å². The molecule has 1 aromatic carbocycles. The maximum Gasteiger partial charge on any atom is 0.322 e. The molecule has 0 bridgehead atoms. The van der Waals surface area contributed by atoms with Gasteiger partial charge in [0.15, 0.2) is 11.5 Å². The second kappa shape index (κ2) is 10.3. The fourth-order valence-corrected chi connectivity index (χ4v) is 5.44. The predicted octanol–water partition coefficient (Wildman–Crippen LogP) is 2.55. The summed E-state index contributed by atoms with van der Waals surface area (Å²) in [6.45, 7) is 0.347. The first-order valence-corrected chi connectivity index (χ1v) is 12.4. The van der Waals surface area contributed by atoms with Crippen LogP contribution in [-0.4, -0.2) is 67.2 Å². The van der Waals surface area contributed by atoms with Crippen LogP contribution in [0.2, 0.25) is 0 Å². The summed E-state index contributed by atoms with van der Waals surface area (Å²) in [6.07, 6.45) is 13.2. The molecule has 0 aromatic heterocycles. The first-order valence-electron chi connectivity index (χ1n) is 12.4. The Kier molecular flexibility index (Phi) is 6.88. The number of hydrogen-bond donors (Lipinski definition) is 1. The zero-order valence-electron chi connectivity index (χ0n) is 21.0. The van der Waals surface area contributed by atoms with Crippen LogP contribution in [0.15, 0.2) is 65.3 Å². The van der Waals surface area contributed by atoms with Crippen LogP contribution in [0.4, 0.5) is 0 Å². The Bertz CT molecular complexity index is 1250. The van der Waals surface area contributed by atoms with Crippen molar-refractivity contribution >= 4 is 17.8 Å². The molecule has 6 rings (SSSR count). The number of amides is 2. The number of benzene rings is 1. The third kappa shape index (κ3) is 4.79. The molecule has 2 amide bonds.